The van der Waals surface area contributed by atoms with Crippen molar-refractivity contribution in [3.63, 3.8) is 0 Å². The maximum absolute atomic E-state index is 14.5. The molecule has 5 N–H and O–H groups in total. The van der Waals surface area contributed by atoms with Crippen LogP contribution in [-0.2, 0) is 14.4 Å². The molecule has 0 aromatic heterocycles. The number of carbonyl (C=O) groups excluding carboxylic acids is 3. The van der Waals surface area contributed by atoms with Gasteiger partial charge in [-0.05, 0) is 55.7 Å². The molecule has 1 saturated carbocycles. The van der Waals surface area contributed by atoms with E-state index in [0.717, 1.165) is 32.1 Å². The van der Waals surface area contributed by atoms with Gasteiger partial charge in [-0.15, -0.1) is 0 Å². The number of nitrogens with zero attached hydrogens (tertiary/aromatic N) is 1. The van der Waals surface area contributed by atoms with Crippen molar-refractivity contribution in [2.45, 2.75) is 62.8 Å². The molecule has 1 saturated heterocycles. The number of aliphatic hydroxyl groups is 1. The lowest BCUT2D eigenvalue weighted by atomic mass is 9.71. The summed E-state index contributed by atoms with van der Waals surface area (Å²) in [5.41, 5.74) is 10.5. The van der Waals surface area contributed by atoms with Gasteiger partial charge < -0.3 is 35.7 Å². The third-order valence-electron chi connectivity index (χ3n) is 7.90. The lowest BCUT2D eigenvalue weighted by molar-refractivity contribution is -0.160. The highest BCUT2D eigenvalue weighted by molar-refractivity contribution is 5.97. The van der Waals surface area contributed by atoms with Gasteiger partial charge >= 0.3 is 0 Å². The maximum Gasteiger partial charge on any atom is 0.244 e. The van der Waals surface area contributed by atoms with Gasteiger partial charge in [0.2, 0.25) is 23.5 Å². The first-order valence-corrected chi connectivity index (χ1v) is 12.6. The van der Waals surface area contributed by atoms with E-state index in [1.54, 1.807) is 12.1 Å². The van der Waals surface area contributed by atoms with Crippen LogP contribution in [0.4, 0.5) is 0 Å². The van der Waals surface area contributed by atoms with E-state index in [-0.39, 0.29) is 24.8 Å². The number of hydrogen-bond donors (Lipinski definition) is 3. The zero-order valence-corrected chi connectivity index (χ0v) is 21.5. The summed E-state index contributed by atoms with van der Waals surface area (Å²) < 4.78 is 16.6. The fourth-order valence-electron chi connectivity index (χ4n) is 6.11. The monoisotopic (exact) mass is 505 g/mol. The summed E-state index contributed by atoms with van der Waals surface area (Å²) in [5, 5.41) is 10.1. The highest BCUT2D eigenvalue weighted by Gasteiger charge is 2.55. The van der Waals surface area contributed by atoms with E-state index in [1.165, 1.54) is 26.2 Å². The van der Waals surface area contributed by atoms with Crippen LogP contribution in [0.1, 0.15) is 62.8 Å². The fourth-order valence-corrected chi connectivity index (χ4v) is 6.11. The topological polar surface area (TPSA) is 154 Å². The minimum Gasteiger partial charge on any atom is -0.493 e. The summed E-state index contributed by atoms with van der Waals surface area (Å²) in [6.45, 7) is -0.445. The lowest BCUT2D eigenvalue weighted by Crippen LogP contribution is -2.69. The minimum atomic E-state index is -1.69. The van der Waals surface area contributed by atoms with Gasteiger partial charge in [-0.2, -0.15) is 0 Å². The Kier molecular flexibility index (Phi) is 9.05. The number of benzene rings is 1. The summed E-state index contributed by atoms with van der Waals surface area (Å²) in [4.78, 5) is 41.2. The van der Waals surface area contributed by atoms with E-state index in [4.69, 9.17) is 25.7 Å². The second-order valence-corrected chi connectivity index (χ2v) is 9.71. The van der Waals surface area contributed by atoms with Crippen molar-refractivity contribution < 1.29 is 33.7 Å². The van der Waals surface area contributed by atoms with Gasteiger partial charge in [0.25, 0.3) is 0 Å². The standard InChI is InChI=1S/C26H39N3O7/c1-34-19-13-17(14-20(35-2)22(19)36-3)21(16-9-5-4-6-10-16)24(32)29-12-8-7-11-26(29,25(28)33)18(15-30)23(27)31/h13-14,16,18,21,30H,4-12,15H2,1-3H3,(H2,27,31)(H2,28,33)/t18-,21-,26?/m0/s1. The number of nitrogens with two attached hydrogens (primary N) is 2. The average Bonchev–Trinajstić information content (AvgIpc) is 2.88. The van der Waals surface area contributed by atoms with Crippen LogP contribution in [0.25, 0.3) is 0 Å². The number of aliphatic hydroxyl groups excluding tert-OH is 1. The second kappa shape index (κ2) is 11.8. The molecule has 3 rings (SSSR count). The molecule has 1 aliphatic heterocycles. The van der Waals surface area contributed by atoms with Crippen molar-refractivity contribution in [3.05, 3.63) is 17.7 Å². The molecule has 2 fully saturated rings. The van der Waals surface area contributed by atoms with Crippen molar-refractivity contribution in [2.24, 2.45) is 23.3 Å². The predicted molar refractivity (Wildman–Crippen MR) is 133 cm³/mol. The Morgan fingerprint density at radius 1 is 1.00 bits per heavy atom. The number of methoxy groups -OCH3 is 3. The molecule has 0 bridgehead atoms. The van der Waals surface area contributed by atoms with Crippen LogP contribution < -0.4 is 25.7 Å². The maximum atomic E-state index is 14.5. The predicted octanol–water partition coefficient (Wildman–Crippen LogP) is 1.71. The molecule has 3 atom stereocenters. The van der Waals surface area contributed by atoms with E-state index in [9.17, 15) is 19.5 Å². The van der Waals surface area contributed by atoms with Gasteiger partial charge in [0.05, 0.1) is 39.8 Å². The Morgan fingerprint density at radius 2 is 1.61 bits per heavy atom. The molecular formula is C26H39N3O7. The molecule has 10 heteroatoms. The molecule has 1 heterocycles. The number of hydrogen-bond acceptors (Lipinski definition) is 7. The Balaban J connectivity index is 2.18. The highest BCUT2D eigenvalue weighted by Crippen LogP contribution is 2.46. The molecule has 0 radical (unpaired) electrons. The molecular weight excluding hydrogens is 466 g/mol. The van der Waals surface area contributed by atoms with Crippen LogP contribution in [0.3, 0.4) is 0 Å². The van der Waals surface area contributed by atoms with Crippen LogP contribution in [0.5, 0.6) is 17.2 Å². The Hall–Kier alpha value is -3.01. The molecule has 0 spiro atoms. The van der Waals surface area contributed by atoms with Gasteiger partial charge in [0.15, 0.2) is 11.5 Å². The van der Waals surface area contributed by atoms with Crippen LogP contribution in [0, 0.1) is 11.8 Å². The molecule has 3 amide bonds. The van der Waals surface area contributed by atoms with Crippen molar-refractivity contribution >= 4 is 17.7 Å². The number of amides is 3. The molecule has 1 aromatic rings. The summed E-state index contributed by atoms with van der Waals surface area (Å²) in [6.07, 6.45) is 6.12. The van der Waals surface area contributed by atoms with Gasteiger partial charge in [0.1, 0.15) is 5.54 Å². The summed E-state index contributed by atoms with van der Waals surface area (Å²) >= 11 is 0. The first-order chi connectivity index (χ1) is 17.3. The van der Waals surface area contributed by atoms with Gasteiger partial charge in [-0.1, -0.05) is 19.3 Å². The largest absolute Gasteiger partial charge is 0.493 e. The summed E-state index contributed by atoms with van der Waals surface area (Å²) in [7, 11) is 4.54. The number of ether oxygens (including phenoxy) is 3. The number of carbonyl (C=O) groups is 3. The van der Waals surface area contributed by atoms with Crippen LogP contribution >= 0.6 is 0 Å². The smallest absolute Gasteiger partial charge is 0.244 e. The van der Waals surface area contributed by atoms with Gasteiger partial charge in [0, 0.05) is 6.54 Å². The van der Waals surface area contributed by atoms with Crippen molar-refractivity contribution in [1.29, 1.82) is 0 Å². The molecule has 2 aliphatic rings. The third kappa shape index (κ3) is 4.96. The van der Waals surface area contributed by atoms with Crippen molar-refractivity contribution in [2.75, 3.05) is 34.5 Å². The van der Waals surface area contributed by atoms with E-state index >= 15 is 0 Å². The van der Waals surface area contributed by atoms with Crippen LogP contribution in [0.15, 0.2) is 12.1 Å². The third-order valence-corrected chi connectivity index (χ3v) is 7.90. The number of likely N-dealkylation sites (tertiary alicyclic amines) is 1. The van der Waals surface area contributed by atoms with Crippen LogP contribution in [0.2, 0.25) is 0 Å². The number of primary amides is 2. The van der Waals surface area contributed by atoms with Crippen molar-refractivity contribution in [3.8, 4) is 17.2 Å². The average molecular weight is 506 g/mol. The highest BCUT2D eigenvalue weighted by atomic mass is 16.5. The van der Waals surface area contributed by atoms with E-state index in [0.29, 0.717) is 35.7 Å². The van der Waals surface area contributed by atoms with Crippen molar-refractivity contribution in [1.82, 2.24) is 4.90 Å². The molecule has 1 unspecified atom stereocenters. The molecule has 1 aliphatic carbocycles. The quantitative estimate of drug-likeness (QED) is 0.437. The number of piperidine rings is 1. The second-order valence-electron chi connectivity index (χ2n) is 9.71. The zero-order valence-electron chi connectivity index (χ0n) is 21.5. The lowest BCUT2D eigenvalue weighted by Gasteiger charge is -2.49. The molecule has 200 valence electrons. The number of rotatable bonds is 10. The van der Waals surface area contributed by atoms with Gasteiger partial charge in [-0.25, -0.2) is 0 Å². The Morgan fingerprint density at radius 3 is 2.08 bits per heavy atom. The first kappa shape index (κ1) is 27.6. The molecule has 36 heavy (non-hydrogen) atoms. The van der Waals surface area contributed by atoms with E-state index < -0.39 is 35.8 Å². The van der Waals surface area contributed by atoms with E-state index in [2.05, 4.69) is 0 Å². The summed E-state index contributed by atoms with van der Waals surface area (Å²) in [6, 6.07) is 3.54. The molecule has 10 nitrogen and oxygen atoms in total. The zero-order chi connectivity index (χ0) is 26.5. The minimum absolute atomic E-state index is 0.00251. The van der Waals surface area contributed by atoms with Crippen LogP contribution in [-0.4, -0.2) is 67.7 Å². The Labute approximate surface area is 212 Å². The molecule has 1 aromatic carbocycles. The first-order valence-electron chi connectivity index (χ1n) is 12.6. The Bertz CT molecular complexity index is 938. The summed E-state index contributed by atoms with van der Waals surface area (Å²) in [5.74, 6) is -2.68. The normalized spacial score (nSPS) is 22.4. The fraction of sp³-hybridized carbons (Fsp3) is 0.654. The SMILES string of the molecule is COc1cc([C@@H](C(=O)N2CCCCC2(C(N)=O)[C@@H](CO)C(N)=O)C2CCCCC2)cc(OC)c1OC. The van der Waals surface area contributed by atoms with Gasteiger partial charge in [-0.3, -0.25) is 14.4 Å². The van der Waals surface area contributed by atoms with E-state index in [1.807, 2.05) is 0 Å².